The molecule has 0 spiro atoms. The Labute approximate surface area is 124 Å². The van der Waals surface area contributed by atoms with E-state index in [2.05, 4.69) is 10.0 Å². The van der Waals surface area contributed by atoms with Crippen LogP contribution in [0.15, 0.2) is 23.1 Å². The highest BCUT2D eigenvalue weighted by Gasteiger charge is 2.20. The quantitative estimate of drug-likeness (QED) is 0.419. The summed E-state index contributed by atoms with van der Waals surface area (Å²) in [7, 11) is 1.59. The molecule has 0 heterocycles. The summed E-state index contributed by atoms with van der Waals surface area (Å²) in [5.74, 6) is 0. The standard InChI is InChI=1S/C12H20N4O4S/c1-13-11-6-5-10(9-12(11)16(17)18)21(19,20)14-7-4-8-15(2)3/h5-6,9,13-14H,4,7-8H2,1-3H3. The zero-order valence-corrected chi connectivity index (χ0v) is 13.1. The summed E-state index contributed by atoms with van der Waals surface area (Å²) in [4.78, 5) is 12.2. The van der Waals surface area contributed by atoms with E-state index >= 15 is 0 Å². The van der Waals surface area contributed by atoms with Gasteiger partial charge in [0.15, 0.2) is 0 Å². The molecule has 0 amide bonds. The zero-order valence-electron chi connectivity index (χ0n) is 12.3. The molecule has 0 atom stereocenters. The monoisotopic (exact) mass is 316 g/mol. The highest BCUT2D eigenvalue weighted by molar-refractivity contribution is 7.89. The van der Waals surface area contributed by atoms with Gasteiger partial charge in [0.2, 0.25) is 10.0 Å². The molecule has 0 fully saturated rings. The Balaban J connectivity index is 2.88. The van der Waals surface area contributed by atoms with Crippen molar-refractivity contribution in [2.45, 2.75) is 11.3 Å². The van der Waals surface area contributed by atoms with Crippen LogP contribution in [0.3, 0.4) is 0 Å². The van der Waals surface area contributed by atoms with Crippen molar-refractivity contribution in [2.75, 3.05) is 39.5 Å². The predicted molar refractivity (Wildman–Crippen MR) is 81.0 cm³/mol. The molecule has 21 heavy (non-hydrogen) atoms. The van der Waals surface area contributed by atoms with Crippen LogP contribution < -0.4 is 10.0 Å². The third kappa shape index (κ3) is 4.96. The van der Waals surface area contributed by atoms with E-state index in [4.69, 9.17) is 0 Å². The van der Waals surface area contributed by atoms with Crippen LogP contribution in [0.1, 0.15) is 6.42 Å². The molecular formula is C12H20N4O4S. The molecule has 1 aromatic carbocycles. The molecule has 0 bridgehead atoms. The summed E-state index contributed by atoms with van der Waals surface area (Å²) in [6.45, 7) is 1.03. The number of nitrogens with one attached hydrogen (secondary N) is 2. The minimum absolute atomic E-state index is 0.113. The molecule has 0 saturated heterocycles. The Morgan fingerprint density at radius 3 is 2.52 bits per heavy atom. The fourth-order valence-electron chi connectivity index (χ4n) is 1.73. The molecule has 0 aliphatic heterocycles. The summed E-state index contributed by atoms with van der Waals surface area (Å²) in [5, 5.41) is 13.6. The van der Waals surface area contributed by atoms with Gasteiger partial charge in [0.25, 0.3) is 5.69 Å². The van der Waals surface area contributed by atoms with Gasteiger partial charge in [0, 0.05) is 19.7 Å². The summed E-state index contributed by atoms with van der Waals surface area (Å²) in [6, 6.07) is 3.78. The van der Waals surface area contributed by atoms with E-state index in [1.807, 2.05) is 19.0 Å². The number of hydrogen-bond donors (Lipinski definition) is 2. The fourth-order valence-corrected chi connectivity index (χ4v) is 2.82. The number of hydrogen-bond acceptors (Lipinski definition) is 6. The van der Waals surface area contributed by atoms with Gasteiger partial charge in [-0.1, -0.05) is 0 Å². The van der Waals surface area contributed by atoms with Crippen LogP contribution in [0.5, 0.6) is 0 Å². The van der Waals surface area contributed by atoms with Gasteiger partial charge in [-0.25, -0.2) is 13.1 Å². The van der Waals surface area contributed by atoms with E-state index in [9.17, 15) is 18.5 Å². The molecule has 1 rings (SSSR count). The van der Waals surface area contributed by atoms with Crippen molar-refractivity contribution < 1.29 is 13.3 Å². The fraction of sp³-hybridized carbons (Fsp3) is 0.500. The molecule has 0 aliphatic carbocycles. The Morgan fingerprint density at radius 1 is 1.33 bits per heavy atom. The highest BCUT2D eigenvalue weighted by Crippen LogP contribution is 2.26. The molecule has 8 nitrogen and oxygen atoms in total. The second kappa shape index (κ2) is 7.34. The molecule has 118 valence electrons. The van der Waals surface area contributed by atoms with Crippen LogP contribution in [0.2, 0.25) is 0 Å². The Morgan fingerprint density at radius 2 is 2.00 bits per heavy atom. The minimum atomic E-state index is -3.74. The lowest BCUT2D eigenvalue weighted by Gasteiger charge is -2.11. The number of anilines is 1. The summed E-state index contributed by atoms with van der Waals surface area (Å²) < 4.78 is 26.6. The lowest BCUT2D eigenvalue weighted by Crippen LogP contribution is -2.27. The van der Waals surface area contributed by atoms with Gasteiger partial charge in [-0.15, -0.1) is 0 Å². The van der Waals surface area contributed by atoms with Crippen LogP contribution in [0, 0.1) is 10.1 Å². The van der Waals surface area contributed by atoms with Gasteiger partial charge in [0.1, 0.15) is 5.69 Å². The molecule has 0 aliphatic rings. The lowest BCUT2D eigenvalue weighted by atomic mass is 10.3. The minimum Gasteiger partial charge on any atom is -0.383 e. The largest absolute Gasteiger partial charge is 0.383 e. The Hall–Kier alpha value is -1.71. The molecule has 1 aromatic rings. The maximum Gasteiger partial charge on any atom is 0.293 e. The van der Waals surface area contributed by atoms with Crippen LogP contribution in [0.4, 0.5) is 11.4 Å². The molecule has 0 aromatic heterocycles. The van der Waals surface area contributed by atoms with Gasteiger partial charge in [-0.05, 0) is 39.2 Å². The van der Waals surface area contributed by atoms with Gasteiger partial charge in [-0.2, -0.15) is 0 Å². The first-order valence-electron chi connectivity index (χ1n) is 6.38. The first-order chi connectivity index (χ1) is 9.77. The number of nitro groups is 1. The van der Waals surface area contributed by atoms with Crippen molar-refractivity contribution in [3.8, 4) is 0 Å². The van der Waals surface area contributed by atoms with E-state index in [-0.39, 0.29) is 22.8 Å². The second-order valence-corrected chi connectivity index (χ2v) is 6.51. The van der Waals surface area contributed by atoms with Crippen molar-refractivity contribution in [3.63, 3.8) is 0 Å². The first kappa shape index (κ1) is 17.3. The third-order valence-electron chi connectivity index (χ3n) is 2.82. The Kier molecular flexibility index (Phi) is 6.06. The lowest BCUT2D eigenvalue weighted by molar-refractivity contribution is -0.384. The van der Waals surface area contributed by atoms with Crippen LogP contribution >= 0.6 is 0 Å². The zero-order chi connectivity index (χ0) is 16.0. The number of rotatable bonds is 8. The molecule has 0 radical (unpaired) electrons. The maximum absolute atomic E-state index is 12.1. The van der Waals surface area contributed by atoms with E-state index in [1.165, 1.54) is 19.2 Å². The number of sulfonamides is 1. The van der Waals surface area contributed by atoms with E-state index in [0.29, 0.717) is 6.42 Å². The van der Waals surface area contributed by atoms with E-state index in [0.717, 1.165) is 12.6 Å². The molecule has 0 unspecified atom stereocenters. The number of nitrogens with zero attached hydrogens (tertiary/aromatic N) is 2. The van der Waals surface area contributed by atoms with Gasteiger partial charge in [-0.3, -0.25) is 10.1 Å². The van der Waals surface area contributed by atoms with Crippen LogP contribution in [-0.2, 0) is 10.0 Å². The van der Waals surface area contributed by atoms with Gasteiger partial charge in [0.05, 0.1) is 9.82 Å². The van der Waals surface area contributed by atoms with Gasteiger partial charge >= 0.3 is 0 Å². The third-order valence-corrected chi connectivity index (χ3v) is 4.28. The Bertz CT molecular complexity index is 601. The van der Waals surface area contributed by atoms with Crippen molar-refractivity contribution in [1.82, 2.24) is 9.62 Å². The molecular weight excluding hydrogens is 296 g/mol. The summed E-state index contributed by atoms with van der Waals surface area (Å²) >= 11 is 0. The molecule has 2 N–H and O–H groups in total. The smallest absolute Gasteiger partial charge is 0.293 e. The maximum atomic E-state index is 12.1. The SMILES string of the molecule is CNc1ccc(S(=O)(=O)NCCCN(C)C)cc1[N+](=O)[O-]. The van der Waals surface area contributed by atoms with Crippen molar-refractivity contribution in [3.05, 3.63) is 28.3 Å². The average molecular weight is 316 g/mol. The second-order valence-electron chi connectivity index (χ2n) is 4.74. The molecule has 0 saturated carbocycles. The highest BCUT2D eigenvalue weighted by atomic mass is 32.2. The molecule has 9 heteroatoms. The van der Waals surface area contributed by atoms with Crippen molar-refractivity contribution in [2.24, 2.45) is 0 Å². The van der Waals surface area contributed by atoms with Gasteiger partial charge < -0.3 is 10.2 Å². The van der Waals surface area contributed by atoms with Crippen LogP contribution in [0.25, 0.3) is 0 Å². The van der Waals surface area contributed by atoms with E-state index in [1.54, 1.807) is 0 Å². The van der Waals surface area contributed by atoms with E-state index < -0.39 is 14.9 Å². The summed E-state index contributed by atoms with van der Waals surface area (Å²) in [6.07, 6.45) is 0.656. The van der Waals surface area contributed by atoms with Crippen molar-refractivity contribution >= 4 is 21.4 Å². The van der Waals surface area contributed by atoms with Crippen LogP contribution in [-0.4, -0.2) is 52.5 Å². The normalized spacial score (nSPS) is 11.6. The van der Waals surface area contributed by atoms with Crippen molar-refractivity contribution in [1.29, 1.82) is 0 Å². The number of nitro benzene ring substituents is 1. The predicted octanol–water partition coefficient (Wildman–Crippen LogP) is 0.866. The first-order valence-corrected chi connectivity index (χ1v) is 7.87. The summed E-state index contributed by atoms with van der Waals surface area (Å²) in [5.41, 5.74) is 0.000208. The number of benzene rings is 1. The average Bonchev–Trinajstić information content (AvgIpc) is 2.42. The topological polar surface area (TPSA) is 105 Å².